The van der Waals surface area contributed by atoms with Gasteiger partial charge >= 0.3 is 0 Å². The average Bonchev–Trinajstić information content (AvgIpc) is 2.68. The minimum absolute atomic E-state index is 0.0988. The molecule has 166 valence electrons. The number of rotatable bonds is 8. The van der Waals surface area contributed by atoms with Crippen molar-refractivity contribution in [3.8, 4) is 0 Å². The van der Waals surface area contributed by atoms with Gasteiger partial charge in [-0.2, -0.15) is 0 Å². The fraction of sp³-hybridized carbons (Fsp3) is 0.417. The minimum atomic E-state index is -0.684. The molecule has 2 amide bonds. The number of aryl methyl sites for hydroxylation is 1. The van der Waals surface area contributed by atoms with Crippen LogP contribution in [0.1, 0.15) is 50.8 Å². The average molecular weight is 426 g/mol. The Balaban J connectivity index is 2.38. The van der Waals surface area contributed by atoms with Crippen molar-refractivity contribution < 1.29 is 14.5 Å². The molecule has 7 nitrogen and oxygen atoms in total. The van der Waals surface area contributed by atoms with Crippen molar-refractivity contribution in [2.45, 2.75) is 65.6 Å². The molecule has 0 saturated carbocycles. The Morgan fingerprint density at radius 1 is 1.10 bits per heavy atom. The van der Waals surface area contributed by atoms with E-state index < -0.39 is 16.5 Å². The van der Waals surface area contributed by atoms with E-state index in [0.29, 0.717) is 12.0 Å². The molecule has 2 aromatic rings. The van der Waals surface area contributed by atoms with E-state index in [1.54, 1.807) is 18.2 Å². The monoisotopic (exact) mass is 425 g/mol. The van der Waals surface area contributed by atoms with Gasteiger partial charge in [0.05, 0.1) is 11.3 Å². The van der Waals surface area contributed by atoms with E-state index >= 15 is 0 Å². The normalized spacial score (nSPS) is 12.2. The molecule has 31 heavy (non-hydrogen) atoms. The first-order valence-electron chi connectivity index (χ1n) is 10.4. The lowest BCUT2D eigenvalue weighted by molar-refractivity contribution is -0.385. The van der Waals surface area contributed by atoms with Crippen LogP contribution in [0.4, 0.5) is 5.69 Å². The van der Waals surface area contributed by atoms with Crippen LogP contribution >= 0.6 is 0 Å². The molecule has 0 spiro atoms. The van der Waals surface area contributed by atoms with Crippen molar-refractivity contribution >= 4 is 17.5 Å². The molecule has 0 fully saturated rings. The largest absolute Gasteiger partial charge is 0.350 e. The third kappa shape index (κ3) is 6.91. The van der Waals surface area contributed by atoms with Crippen molar-refractivity contribution in [2.75, 3.05) is 0 Å². The van der Waals surface area contributed by atoms with Crippen molar-refractivity contribution in [1.29, 1.82) is 0 Å². The molecule has 1 N–H and O–H groups in total. The first-order chi connectivity index (χ1) is 14.5. The van der Waals surface area contributed by atoms with E-state index in [4.69, 9.17) is 0 Å². The molecule has 0 radical (unpaired) electrons. The van der Waals surface area contributed by atoms with Gasteiger partial charge in [-0.3, -0.25) is 19.7 Å². The van der Waals surface area contributed by atoms with Gasteiger partial charge < -0.3 is 10.2 Å². The summed E-state index contributed by atoms with van der Waals surface area (Å²) in [5.41, 5.74) is 1.78. The van der Waals surface area contributed by atoms with Crippen molar-refractivity contribution in [3.05, 3.63) is 75.3 Å². The zero-order valence-electron chi connectivity index (χ0n) is 18.8. The maximum Gasteiger partial charge on any atom is 0.273 e. The molecule has 0 heterocycles. The summed E-state index contributed by atoms with van der Waals surface area (Å²) >= 11 is 0. The zero-order valence-corrected chi connectivity index (χ0v) is 18.8. The number of carbonyl (C=O) groups excluding carboxylic acids is 2. The predicted octanol–water partition coefficient (Wildman–Crippen LogP) is 4.17. The van der Waals surface area contributed by atoms with Crippen LogP contribution in [0.3, 0.4) is 0 Å². The Kier molecular flexibility index (Phi) is 7.91. The second-order valence-corrected chi connectivity index (χ2v) is 8.73. The van der Waals surface area contributed by atoms with Gasteiger partial charge in [0.2, 0.25) is 11.8 Å². The molecule has 0 aromatic heterocycles. The Bertz CT molecular complexity index is 933. The Labute approximate surface area is 183 Å². The highest BCUT2D eigenvalue weighted by Crippen LogP contribution is 2.21. The second-order valence-electron chi connectivity index (χ2n) is 8.73. The first-order valence-corrected chi connectivity index (χ1v) is 10.4. The third-order valence-corrected chi connectivity index (χ3v) is 4.89. The van der Waals surface area contributed by atoms with Gasteiger partial charge in [-0.1, -0.05) is 55.0 Å². The minimum Gasteiger partial charge on any atom is -0.350 e. The lowest BCUT2D eigenvalue weighted by Crippen LogP contribution is -2.53. The number of hydrogen-bond donors (Lipinski definition) is 1. The maximum absolute atomic E-state index is 13.4. The summed E-state index contributed by atoms with van der Waals surface area (Å²) in [6.45, 7) is 9.74. The summed E-state index contributed by atoms with van der Waals surface area (Å²) < 4.78 is 0. The van der Waals surface area contributed by atoms with Gasteiger partial charge in [0.25, 0.3) is 5.69 Å². The fourth-order valence-corrected chi connectivity index (χ4v) is 3.37. The lowest BCUT2D eigenvalue weighted by atomic mass is 10.0. The van der Waals surface area contributed by atoms with E-state index in [1.165, 1.54) is 11.0 Å². The van der Waals surface area contributed by atoms with Crippen LogP contribution in [-0.4, -0.2) is 33.2 Å². The van der Waals surface area contributed by atoms with Crippen molar-refractivity contribution in [2.24, 2.45) is 0 Å². The summed E-state index contributed by atoms with van der Waals surface area (Å²) in [7, 11) is 0. The number of nitrogens with one attached hydrogen (secondary N) is 1. The Morgan fingerprint density at radius 2 is 1.71 bits per heavy atom. The summed E-state index contributed by atoms with van der Waals surface area (Å²) in [6.07, 6.45) is 0.276. The number of carbonyl (C=O) groups is 2. The van der Waals surface area contributed by atoms with Crippen LogP contribution in [-0.2, 0) is 22.6 Å². The molecule has 0 aliphatic rings. The van der Waals surface area contributed by atoms with Gasteiger partial charge in [-0.15, -0.1) is 0 Å². The molecule has 0 aliphatic heterocycles. The zero-order chi connectivity index (χ0) is 23.2. The maximum atomic E-state index is 13.4. The third-order valence-electron chi connectivity index (χ3n) is 4.89. The number of nitro benzene ring substituents is 1. The highest BCUT2D eigenvalue weighted by molar-refractivity contribution is 5.89. The Morgan fingerprint density at radius 3 is 2.26 bits per heavy atom. The lowest BCUT2D eigenvalue weighted by Gasteiger charge is -2.33. The second kappa shape index (κ2) is 10.2. The number of nitrogens with zero attached hydrogens (tertiary/aromatic N) is 2. The molecule has 0 bridgehead atoms. The highest BCUT2D eigenvalue weighted by atomic mass is 16.6. The van der Waals surface area contributed by atoms with Crippen LogP contribution in [0.2, 0.25) is 0 Å². The summed E-state index contributed by atoms with van der Waals surface area (Å²) in [5.74, 6) is -0.566. The number of amides is 2. The van der Waals surface area contributed by atoms with Crippen molar-refractivity contribution in [3.63, 3.8) is 0 Å². The molecular weight excluding hydrogens is 394 g/mol. The van der Waals surface area contributed by atoms with E-state index in [1.807, 2.05) is 58.9 Å². The first kappa shape index (κ1) is 24.1. The molecule has 0 saturated heterocycles. The van der Waals surface area contributed by atoms with Crippen LogP contribution in [0.15, 0.2) is 48.5 Å². The quantitative estimate of drug-likeness (QED) is 0.507. The van der Waals surface area contributed by atoms with Gasteiger partial charge in [0, 0.05) is 23.7 Å². The van der Waals surface area contributed by atoms with Crippen molar-refractivity contribution in [1.82, 2.24) is 10.2 Å². The van der Waals surface area contributed by atoms with Gasteiger partial charge in [0.1, 0.15) is 6.04 Å². The van der Waals surface area contributed by atoms with Crippen LogP contribution in [0.5, 0.6) is 0 Å². The molecular formula is C24H31N3O4. The van der Waals surface area contributed by atoms with Crippen LogP contribution in [0.25, 0.3) is 0 Å². The van der Waals surface area contributed by atoms with E-state index in [0.717, 1.165) is 11.1 Å². The molecule has 7 heteroatoms. The smallest absolute Gasteiger partial charge is 0.273 e. The molecule has 2 aromatic carbocycles. The van der Waals surface area contributed by atoms with E-state index in [-0.39, 0.29) is 30.5 Å². The highest BCUT2D eigenvalue weighted by Gasteiger charge is 2.31. The SMILES string of the molecule is CCC(C(=O)NC(C)(C)C)N(Cc1ccc(C)cc1)C(=O)Cc1ccccc1[N+](=O)[O-]. The fourth-order valence-electron chi connectivity index (χ4n) is 3.37. The van der Waals surface area contributed by atoms with E-state index in [9.17, 15) is 19.7 Å². The number of nitro groups is 1. The number of hydrogen-bond acceptors (Lipinski definition) is 4. The molecule has 2 rings (SSSR count). The topological polar surface area (TPSA) is 92.6 Å². The number of para-hydroxylation sites is 1. The van der Waals surface area contributed by atoms with Gasteiger partial charge in [-0.05, 0) is 39.7 Å². The van der Waals surface area contributed by atoms with Gasteiger partial charge in [0.15, 0.2) is 0 Å². The number of benzene rings is 2. The van der Waals surface area contributed by atoms with E-state index in [2.05, 4.69) is 5.32 Å². The van der Waals surface area contributed by atoms with Crippen LogP contribution < -0.4 is 5.32 Å². The molecule has 0 aliphatic carbocycles. The summed E-state index contributed by atoms with van der Waals surface area (Å²) in [6, 6.07) is 13.3. The Hall–Kier alpha value is -3.22. The standard InChI is InChI=1S/C24H31N3O4/c1-6-20(23(29)25-24(3,4)5)26(16-18-13-11-17(2)12-14-18)22(28)15-19-9-7-8-10-21(19)27(30)31/h7-14,20H,6,15-16H2,1-5H3,(H,25,29). The molecule has 1 atom stereocenters. The summed E-state index contributed by atoms with van der Waals surface area (Å²) in [4.78, 5) is 38.8. The van der Waals surface area contributed by atoms with Gasteiger partial charge in [-0.25, -0.2) is 0 Å². The molecule has 1 unspecified atom stereocenters. The predicted molar refractivity (Wildman–Crippen MR) is 121 cm³/mol. The summed E-state index contributed by atoms with van der Waals surface area (Å²) in [5, 5.41) is 14.3. The van der Waals surface area contributed by atoms with Crippen LogP contribution in [0, 0.1) is 17.0 Å².